The minimum Gasteiger partial charge on any atom is -0.497 e. The van der Waals surface area contributed by atoms with Crippen LogP contribution in [0.3, 0.4) is 0 Å². The number of carbonyl (C=O) groups excluding carboxylic acids is 2. The SMILES string of the molecule is COc1ccc(CN2C(=O)[C@H]3CCC[C@H](OS(C)(=O)=O)[C@@H]2C(=O)N3Cc2ccccc2)cc1. The maximum Gasteiger partial charge on any atom is 0.264 e. The summed E-state index contributed by atoms with van der Waals surface area (Å²) in [5, 5.41) is 0. The summed E-state index contributed by atoms with van der Waals surface area (Å²) in [6.07, 6.45) is 1.45. The fourth-order valence-electron chi connectivity index (χ4n) is 4.63. The van der Waals surface area contributed by atoms with Gasteiger partial charge in [-0.15, -0.1) is 0 Å². The van der Waals surface area contributed by atoms with Crippen LogP contribution in [0.4, 0.5) is 0 Å². The molecule has 5 rings (SSSR count). The smallest absolute Gasteiger partial charge is 0.264 e. The van der Waals surface area contributed by atoms with E-state index in [0.29, 0.717) is 25.0 Å². The van der Waals surface area contributed by atoms with Gasteiger partial charge in [0.25, 0.3) is 10.1 Å². The molecule has 2 amide bonds. The van der Waals surface area contributed by atoms with Gasteiger partial charge in [-0.3, -0.25) is 13.8 Å². The maximum atomic E-state index is 13.7. The number of methoxy groups -OCH3 is 1. The highest BCUT2D eigenvalue weighted by molar-refractivity contribution is 7.86. The molecular weight excluding hydrogens is 444 g/mol. The van der Waals surface area contributed by atoms with Crippen LogP contribution in [0.15, 0.2) is 54.6 Å². The highest BCUT2D eigenvalue weighted by Gasteiger charge is 2.51. The second-order valence-corrected chi connectivity index (χ2v) is 10.1. The summed E-state index contributed by atoms with van der Waals surface area (Å²) in [5.41, 5.74) is 1.73. The number of rotatable bonds is 7. The van der Waals surface area contributed by atoms with Crippen molar-refractivity contribution in [3.8, 4) is 5.75 Å². The summed E-state index contributed by atoms with van der Waals surface area (Å²) in [6, 6.07) is 15.1. The molecule has 3 aliphatic heterocycles. The molecule has 2 aromatic rings. The third-order valence-electron chi connectivity index (χ3n) is 6.14. The fourth-order valence-corrected chi connectivity index (χ4v) is 5.28. The van der Waals surface area contributed by atoms with E-state index in [-0.39, 0.29) is 24.9 Å². The maximum absolute atomic E-state index is 13.7. The van der Waals surface area contributed by atoms with Crippen LogP contribution in [0.5, 0.6) is 5.75 Å². The molecule has 3 aliphatic rings. The standard InChI is InChI=1S/C24H28N2O6S/c1-31-19-13-11-18(12-14-19)16-26-22-21(32-33(2,29)30)10-6-9-20(23(26)27)25(24(22)28)15-17-7-4-3-5-8-17/h3-5,7-8,11-14,20-22H,6,9-10,15-16H2,1-2H3/t20-,21+,22-/m1/s1. The molecule has 0 spiro atoms. The lowest BCUT2D eigenvalue weighted by Crippen LogP contribution is -2.68. The minimum atomic E-state index is -3.83. The van der Waals surface area contributed by atoms with Gasteiger partial charge < -0.3 is 14.5 Å². The average Bonchev–Trinajstić information content (AvgIpc) is 2.78. The van der Waals surface area contributed by atoms with Crippen LogP contribution in [-0.4, -0.2) is 61.6 Å². The van der Waals surface area contributed by atoms with Crippen molar-refractivity contribution in [1.82, 2.24) is 9.80 Å². The summed E-state index contributed by atoms with van der Waals surface area (Å²) in [5.74, 6) is 0.209. The molecular formula is C24H28N2O6S. The van der Waals surface area contributed by atoms with Crippen LogP contribution >= 0.6 is 0 Å². The van der Waals surface area contributed by atoms with Gasteiger partial charge in [0, 0.05) is 13.1 Å². The van der Waals surface area contributed by atoms with Gasteiger partial charge in [0.05, 0.1) is 13.4 Å². The summed E-state index contributed by atoms with van der Waals surface area (Å²) >= 11 is 0. The first-order valence-corrected chi connectivity index (χ1v) is 12.7. The van der Waals surface area contributed by atoms with Gasteiger partial charge in [0.2, 0.25) is 11.8 Å². The number of hydrogen-bond donors (Lipinski definition) is 0. The zero-order valence-electron chi connectivity index (χ0n) is 18.7. The van der Waals surface area contributed by atoms with Gasteiger partial charge in [0.1, 0.15) is 23.9 Å². The summed E-state index contributed by atoms with van der Waals surface area (Å²) < 4.78 is 34.6. The Balaban J connectivity index is 1.70. The van der Waals surface area contributed by atoms with Crippen molar-refractivity contribution in [2.45, 2.75) is 50.5 Å². The van der Waals surface area contributed by atoms with Crippen molar-refractivity contribution in [2.24, 2.45) is 0 Å². The first kappa shape index (κ1) is 23.3. The molecule has 2 bridgehead atoms. The number of hydrogen-bond acceptors (Lipinski definition) is 6. The second-order valence-electron chi connectivity index (χ2n) is 8.50. The van der Waals surface area contributed by atoms with Crippen molar-refractivity contribution < 1.29 is 26.9 Å². The van der Waals surface area contributed by atoms with Crippen molar-refractivity contribution >= 4 is 21.9 Å². The third kappa shape index (κ3) is 5.20. The predicted octanol–water partition coefficient (Wildman–Crippen LogP) is 2.33. The van der Waals surface area contributed by atoms with Crippen LogP contribution < -0.4 is 4.74 Å². The number of fused-ring (bicyclic) bond motifs is 5. The molecule has 0 aromatic heterocycles. The molecule has 2 aromatic carbocycles. The van der Waals surface area contributed by atoms with Crippen LogP contribution in [0, 0.1) is 0 Å². The molecule has 0 aliphatic carbocycles. The largest absolute Gasteiger partial charge is 0.497 e. The number of carbonyl (C=O) groups is 2. The molecule has 0 saturated carbocycles. The number of piperazine rings is 1. The van der Waals surface area contributed by atoms with E-state index in [9.17, 15) is 18.0 Å². The number of benzene rings is 2. The van der Waals surface area contributed by atoms with Gasteiger partial charge in [-0.25, -0.2) is 0 Å². The highest BCUT2D eigenvalue weighted by Crippen LogP contribution is 2.33. The van der Waals surface area contributed by atoms with E-state index >= 15 is 0 Å². The van der Waals surface area contributed by atoms with E-state index < -0.39 is 28.3 Å². The van der Waals surface area contributed by atoms with Crippen molar-refractivity contribution in [3.05, 3.63) is 65.7 Å². The van der Waals surface area contributed by atoms with E-state index in [1.165, 1.54) is 4.90 Å². The van der Waals surface area contributed by atoms with Crippen LogP contribution in [-0.2, 0) is 37.0 Å². The summed E-state index contributed by atoms with van der Waals surface area (Å²) in [4.78, 5) is 30.5. The Morgan fingerprint density at radius 2 is 1.52 bits per heavy atom. The minimum absolute atomic E-state index is 0.179. The lowest BCUT2D eigenvalue weighted by atomic mass is 9.89. The van der Waals surface area contributed by atoms with Crippen LogP contribution in [0.25, 0.3) is 0 Å². The molecule has 176 valence electrons. The molecule has 9 heteroatoms. The Morgan fingerprint density at radius 1 is 0.879 bits per heavy atom. The third-order valence-corrected chi connectivity index (χ3v) is 6.74. The Labute approximate surface area is 194 Å². The molecule has 0 radical (unpaired) electrons. The molecule has 0 unspecified atom stereocenters. The topological polar surface area (TPSA) is 93.2 Å². The second kappa shape index (κ2) is 9.52. The lowest BCUT2D eigenvalue weighted by Gasteiger charge is -2.49. The Bertz CT molecular complexity index is 1100. The number of nitrogens with zero attached hydrogens (tertiary/aromatic N) is 2. The molecule has 3 heterocycles. The van der Waals surface area contributed by atoms with E-state index in [1.54, 1.807) is 24.1 Å². The number of amides is 2. The monoisotopic (exact) mass is 472 g/mol. The quantitative estimate of drug-likeness (QED) is 0.575. The van der Waals surface area contributed by atoms with E-state index in [0.717, 1.165) is 17.4 Å². The fraction of sp³-hybridized carbons (Fsp3) is 0.417. The van der Waals surface area contributed by atoms with Gasteiger partial charge in [-0.2, -0.15) is 8.42 Å². The summed E-state index contributed by atoms with van der Waals surface area (Å²) in [7, 11) is -2.25. The van der Waals surface area contributed by atoms with E-state index in [4.69, 9.17) is 8.92 Å². The molecule has 8 nitrogen and oxygen atoms in total. The average molecular weight is 473 g/mol. The van der Waals surface area contributed by atoms with Gasteiger partial charge in [-0.1, -0.05) is 42.5 Å². The molecule has 3 saturated heterocycles. The highest BCUT2D eigenvalue weighted by atomic mass is 32.2. The van der Waals surface area contributed by atoms with Crippen molar-refractivity contribution in [3.63, 3.8) is 0 Å². The van der Waals surface area contributed by atoms with E-state index in [1.807, 2.05) is 42.5 Å². The van der Waals surface area contributed by atoms with Crippen molar-refractivity contribution in [1.29, 1.82) is 0 Å². The Hall–Kier alpha value is -2.91. The normalized spacial score (nSPS) is 23.4. The van der Waals surface area contributed by atoms with E-state index in [2.05, 4.69) is 0 Å². The lowest BCUT2D eigenvalue weighted by molar-refractivity contribution is -0.170. The van der Waals surface area contributed by atoms with Crippen LogP contribution in [0.1, 0.15) is 30.4 Å². The zero-order chi connectivity index (χ0) is 23.6. The number of ether oxygens (including phenoxy) is 1. The molecule has 3 atom stereocenters. The molecule has 3 fully saturated rings. The molecule has 0 N–H and O–H groups in total. The zero-order valence-corrected chi connectivity index (χ0v) is 19.5. The Morgan fingerprint density at radius 3 is 2.15 bits per heavy atom. The van der Waals surface area contributed by atoms with Gasteiger partial charge in [-0.05, 0) is 42.5 Å². The van der Waals surface area contributed by atoms with Gasteiger partial charge >= 0.3 is 0 Å². The van der Waals surface area contributed by atoms with Gasteiger partial charge in [0.15, 0.2) is 0 Å². The first-order chi connectivity index (χ1) is 15.8. The van der Waals surface area contributed by atoms with Crippen LogP contribution in [0.2, 0.25) is 0 Å². The predicted molar refractivity (Wildman–Crippen MR) is 122 cm³/mol. The Kier molecular flexibility index (Phi) is 6.71. The summed E-state index contributed by atoms with van der Waals surface area (Å²) in [6.45, 7) is 0.465. The molecule has 33 heavy (non-hydrogen) atoms. The first-order valence-electron chi connectivity index (χ1n) is 10.9. The van der Waals surface area contributed by atoms with Crippen molar-refractivity contribution in [2.75, 3.05) is 13.4 Å².